The minimum atomic E-state index is -0.821. The fourth-order valence-electron chi connectivity index (χ4n) is 3.39. The largest absolute Gasteiger partial charge is 0.387 e. The van der Waals surface area contributed by atoms with Crippen LogP contribution in [0.1, 0.15) is 31.1 Å². The molecule has 1 aromatic heterocycles. The predicted molar refractivity (Wildman–Crippen MR) is 89.6 cm³/mol. The van der Waals surface area contributed by atoms with Gasteiger partial charge < -0.3 is 25.4 Å². The number of aromatic nitrogens is 1. The lowest BCUT2D eigenvalue weighted by Gasteiger charge is -2.30. The van der Waals surface area contributed by atoms with Crippen LogP contribution in [0.15, 0.2) is 24.4 Å². The van der Waals surface area contributed by atoms with Gasteiger partial charge in [0.25, 0.3) is 0 Å². The molecular weight excluding hydrogens is 308 g/mol. The highest BCUT2D eigenvalue weighted by molar-refractivity contribution is 5.74. The maximum atomic E-state index is 12.1. The SMILES string of the molecule is CN1CCC(O)(CNC(=O)N[C@@H]2CCO[C@@H](c3ccccn3)C2)C1. The summed E-state index contributed by atoms with van der Waals surface area (Å²) in [4.78, 5) is 18.5. The molecule has 1 unspecified atom stereocenters. The number of amides is 2. The monoisotopic (exact) mass is 334 g/mol. The van der Waals surface area contributed by atoms with Crippen LogP contribution in [-0.2, 0) is 4.74 Å². The molecule has 3 N–H and O–H groups in total. The zero-order valence-corrected chi connectivity index (χ0v) is 14.1. The summed E-state index contributed by atoms with van der Waals surface area (Å²) < 4.78 is 5.77. The van der Waals surface area contributed by atoms with E-state index in [0.717, 1.165) is 18.7 Å². The van der Waals surface area contributed by atoms with Gasteiger partial charge in [0.1, 0.15) is 6.10 Å². The van der Waals surface area contributed by atoms with Crippen molar-refractivity contribution in [3.8, 4) is 0 Å². The number of urea groups is 1. The highest BCUT2D eigenvalue weighted by Gasteiger charge is 2.35. The van der Waals surface area contributed by atoms with Crippen molar-refractivity contribution in [1.82, 2.24) is 20.5 Å². The number of aliphatic hydroxyl groups is 1. The van der Waals surface area contributed by atoms with E-state index in [1.165, 1.54) is 0 Å². The summed E-state index contributed by atoms with van der Waals surface area (Å²) in [5.74, 6) is 0. The Morgan fingerprint density at radius 3 is 3.12 bits per heavy atom. The molecule has 1 aromatic rings. The Hall–Kier alpha value is -1.70. The van der Waals surface area contributed by atoms with Gasteiger partial charge in [0.05, 0.1) is 11.3 Å². The number of carbonyl (C=O) groups excluding carboxylic acids is 1. The Balaban J connectivity index is 1.46. The number of nitrogens with one attached hydrogen (secondary N) is 2. The van der Waals surface area contributed by atoms with E-state index < -0.39 is 5.60 Å². The lowest BCUT2D eigenvalue weighted by molar-refractivity contribution is -0.000517. The van der Waals surface area contributed by atoms with Crippen LogP contribution in [0.5, 0.6) is 0 Å². The van der Waals surface area contributed by atoms with Gasteiger partial charge in [-0.05, 0) is 38.4 Å². The van der Waals surface area contributed by atoms with E-state index >= 15 is 0 Å². The molecule has 0 aliphatic carbocycles. The van der Waals surface area contributed by atoms with Gasteiger partial charge in [0.15, 0.2) is 0 Å². The zero-order chi connectivity index (χ0) is 17.0. The van der Waals surface area contributed by atoms with Gasteiger partial charge in [-0.15, -0.1) is 0 Å². The topological polar surface area (TPSA) is 86.7 Å². The van der Waals surface area contributed by atoms with E-state index in [2.05, 4.69) is 20.5 Å². The van der Waals surface area contributed by atoms with Gasteiger partial charge in [-0.3, -0.25) is 4.98 Å². The predicted octanol–water partition coefficient (Wildman–Crippen LogP) is 0.667. The molecule has 7 heteroatoms. The standard InChI is InChI=1S/C17H26N4O3/c1-21-8-6-17(23,12-21)11-19-16(22)20-13-5-9-24-15(10-13)14-4-2-3-7-18-14/h2-4,7,13,15,23H,5-6,8-12H2,1H3,(H2,19,20,22)/t13-,15-,17?/m1/s1. The summed E-state index contributed by atoms with van der Waals surface area (Å²) in [6, 6.07) is 5.57. The molecule has 7 nitrogen and oxygen atoms in total. The van der Waals surface area contributed by atoms with Crippen LogP contribution >= 0.6 is 0 Å². The number of likely N-dealkylation sites (N-methyl/N-ethyl adjacent to an activating group) is 1. The highest BCUT2D eigenvalue weighted by Crippen LogP contribution is 2.26. The molecular formula is C17H26N4O3. The van der Waals surface area contributed by atoms with Gasteiger partial charge in [-0.1, -0.05) is 6.07 Å². The molecule has 24 heavy (non-hydrogen) atoms. The van der Waals surface area contributed by atoms with Crippen molar-refractivity contribution >= 4 is 6.03 Å². The molecule has 2 aliphatic rings. The summed E-state index contributed by atoms with van der Waals surface area (Å²) >= 11 is 0. The van der Waals surface area contributed by atoms with Gasteiger partial charge in [-0.2, -0.15) is 0 Å². The van der Waals surface area contributed by atoms with Crippen LogP contribution in [0, 0.1) is 0 Å². The molecule has 0 aromatic carbocycles. The maximum absolute atomic E-state index is 12.1. The third-order valence-corrected chi connectivity index (χ3v) is 4.74. The molecule has 132 valence electrons. The van der Waals surface area contributed by atoms with Gasteiger partial charge in [0, 0.05) is 38.5 Å². The molecule has 3 rings (SSSR count). The fourth-order valence-corrected chi connectivity index (χ4v) is 3.39. The Kier molecular flexibility index (Phi) is 5.33. The first-order chi connectivity index (χ1) is 11.5. The van der Waals surface area contributed by atoms with Gasteiger partial charge in [-0.25, -0.2) is 4.79 Å². The number of β-amino-alcohol motifs (C(OH)–C–C–N with tert-alkyl or cyclic N) is 1. The Morgan fingerprint density at radius 1 is 1.54 bits per heavy atom. The molecule has 0 radical (unpaired) electrons. The van der Waals surface area contributed by atoms with Crippen LogP contribution in [0.25, 0.3) is 0 Å². The number of carbonyl (C=O) groups is 1. The first kappa shape index (κ1) is 17.1. The zero-order valence-electron chi connectivity index (χ0n) is 14.1. The number of nitrogens with zero attached hydrogens (tertiary/aromatic N) is 2. The molecule has 2 aliphatic heterocycles. The average molecular weight is 334 g/mol. The van der Waals surface area contributed by atoms with Gasteiger partial charge >= 0.3 is 6.03 Å². The summed E-state index contributed by atoms with van der Waals surface area (Å²) in [5.41, 5.74) is 0.0749. The minimum absolute atomic E-state index is 0.0478. The number of hydrogen-bond acceptors (Lipinski definition) is 5. The number of hydrogen-bond donors (Lipinski definition) is 3. The summed E-state index contributed by atoms with van der Waals surface area (Å²) in [7, 11) is 1.97. The van der Waals surface area contributed by atoms with Crippen LogP contribution in [0.3, 0.4) is 0 Å². The lowest BCUT2D eigenvalue weighted by atomic mass is 10.0. The van der Waals surface area contributed by atoms with Crippen molar-refractivity contribution in [2.24, 2.45) is 0 Å². The third kappa shape index (κ3) is 4.43. The normalized spacial score (nSPS) is 30.9. The van der Waals surface area contributed by atoms with Crippen LogP contribution in [-0.4, -0.2) is 66.0 Å². The number of rotatable bonds is 4. The van der Waals surface area contributed by atoms with E-state index in [1.54, 1.807) is 6.20 Å². The number of pyridine rings is 1. The number of likely N-dealkylation sites (tertiary alicyclic amines) is 1. The second-order valence-corrected chi connectivity index (χ2v) is 6.87. The molecule has 2 saturated heterocycles. The summed E-state index contributed by atoms with van der Waals surface area (Å²) in [6.45, 7) is 2.31. The quantitative estimate of drug-likeness (QED) is 0.753. The molecule has 2 fully saturated rings. The molecule has 2 amide bonds. The summed E-state index contributed by atoms with van der Waals surface area (Å²) in [5, 5.41) is 16.2. The fraction of sp³-hybridized carbons (Fsp3) is 0.647. The highest BCUT2D eigenvalue weighted by atomic mass is 16.5. The van der Waals surface area contributed by atoms with Crippen molar-refractivity contribution < 1.29 is 14.6 Å². The Morgan fingerprint density at radius 2 is 2.42 bits per heavy atom. The molecule has 0 saturated carbocycles. The Labute approximate surface area is 142 Å². The van der Waals surface area contributed by atoms with Gasteiger partial charge in [0.2, 0.25) is 0 Å². The van der Waals surface area contributed by atoms with E-state index in [0.29, 0.717) is 26.0 Å². The molecule has 3 heterocycles. The van der Waals surface area contributed by atoms with Crippen molar-refractivity contribution in [3.05, 3.63) is 30.1 Å². The van der Waals surface area contributed by atoms with E-state index in [1.807, 2.05) is 25.2 Å². The first-order valence-corrected chi connectivity index (χ1v) is 8.52. The Bertz CT molecular complexity index is 556. The molecule has 0 spiro atoms. The van der Waals surface area contributed by atoms with Crippen molar-refractivity contribution in [2.75, 3.05) is 33.3 Å². The summed E-state index contributed by atoms with van der Waals surface area (Å²) in [6.07, 6.45) is 3.84. The second-order valence-electron chi connectivity index (χ2n) is 6.87. The van der Waals surface area contributed by atoms with Crippen LogP contribution < -0.4 is 10.6 Å². The smallest absolute Gasteiger partial charge is 0.315 e. The molecule has 3 atom stereocenters. The van der Waals surface area contributed by atoms with Crippen molar-refractivity contribution in [3.63, 3.8) is 0 Å². The number of ether oxygens (including phenoxy) is 1. The first-order valence-electron chi connectivity index (χ1n) is 8.52. The van der Waals surface area contributed by atoms with Crippen LogP contribution in [0.2, 0.25) is 0 Å². The molecule has 0 bridgehead atoms. The van der Waals surface area contributed by atoms with E-state index in [4.69, 9.17) is 4.74 Å². The average Bonchev–Trinajstić information content (AvgIpc) is 2.94. The van der Waals surface area contributed by atoms with Crippen molar-refractivity contribution in [2.45, 2.75) is 37.0 Å². The minimum Gasteiger partial charge on any atom is -0.387 e. The second kappa shape index (κ2) is 7.46. The van der Waals surface area contributed by atoms with E-state index in [-0.39, 0.29) is 24.7 Å². The van der Waals surface area contributed by atoms with E-state index in [9.17, 15) is 9.90 Å². The maximum Gasteiger partial charge on any atom is 0.315 e. The lowest BCUT2D eigenvalue weighted by Crippen LogP contribution is -2.50. The van der Waals surface area contributed by atoms with Crippen LogP contribution in [0.4, 0.5) is 4.79 Å². The third-order valence-electron chi connectivity index (χ3n) is 4.74. The van der Waals surface area contributed by atoms with Crippen molar-refractivity contribution in [1.29, 1.82) is 0 Å².